The van der Waals surface area contributed by atoms with E-state index in [-0.39, 0.29) is 5.91 Å². The summed E-state index contributed by atoms with van der Waals surface area (Å²) in [4.78, 5) is 23.9. The molecule has 0 N–H and O–H groups in total. The van der Waals surface area contributed by atoms with E-state index in [2.05, 4.69) is 4.98 Å². The summed E-state index contributed by atoms with van der Waals surface area (Å²) in [5, 5.41) is 0.606. The van der Waals surface area contributed by atoms with Crippen LogP contribution >= 0.6 is 11.3 Å². The fourth-order valence-corrected chi connectivity index (χ4v) is 3.96. The van der Waals surface area contributed by atoms with Gasteiger partial charge in [-0.05, 0) is 48.0 Å². The third kappa shape index (κ3) is 3.90. The molecule has 4 rings (SSSR count). The average molecular weight is 405 g/mol. The van der Waals surface area contributed by atoms with Gasteiger partial charge in [-0.15, -0.1) is 0 Å². The SMILES string of the molecule is COc1ccc(C(=O)N(Cc2cccnc2)c2nc3c(OC)cccc3s2)cc1. The van der Waals surface area contributed by atoms with Crippen LogP contribution in [0.25, 0.3) is 10.2 Å². The van der Waals surface area contributed by atoms with Crippen molar-refractivity contribution in [2.75, 3.05) is 19.1 Å². The lowest BCUT2D eigenvalue weighted by molar-refractivity contribution is 0.0985. The van der Waals surface area contributed by atoms with E-state index in [1.807, 2.05) is 30.3 Å². The average Bonchev–Trinajstić information content (AvgIpc) is 3.22. The Bertz CT molecular complexity index is 1130. The molecule has 0 aliphatic heterocycles. The van der Waals surface area contributed by atoms with Crippen molar-refractivity contribution in [3.63, 3.8) is 0 Å². The molecule has 1 amide bonds. The van der Waals surface area contributed by atoms with Crippen LogP contribution in [0.3, 0.4) is 0 Å². The van der Waals surface area contributed by atoms with Gasteiger partial charge in [0.25, 0.3) is 5.91 Å². The number of anilines is 1. The predicted octanol–water partition coefficient (Wildman–Crippen LogP) is 4.56. The van der Waals surface area contributed by atoms with Gasteiger partial charge in [0.15, 0.2) is 5.13 Å². The van der Waals surface area contributed by atoms with Crippen LogP contribution in [0, 0.1) is 0 Å². The molecule has 0 aliphatic rings. The van der Waals surface area contributed by atoms with E-state index in [4.69, 9.17) is 14.5 Å². The molecule has 0 fully saturated rings. The highest BCUT2D eigenvalue weighted by molar-refractivity contribution is 7.22. The molecular weight excluding hydrogens is 386 g/mol. The maximum atomic E-state index is 13.4. The third-order valence-corrected chi connectivity index (χ3v) is 5.51. The Morgan fingerprint density at radius 1 is 1.03 bits per heavy atom. The van der Waals surface area contributed by atoms with E-state index >= 15 is 0 Å². The van der Waals surface area contributed by atoms with E-state index < -0.39 is 0 Å². The maximum absolute atomic E-state index is 13.4. The molecule has 146 valence electrons. The van der Waals surface area contributed by atoms with Crippen molar-refractivity contribution in [1.82, 2.24) is 9.97 Å². The summed E-state index contributed by atoms with van der Waals surface area (Å²) in [5.74, 6) is 1.24. The van der Waals surface area contributed by atoms with E-state index in [0.717, 1.165) is 15.8 Å². The molecule has 0 unspecified atom stereocenters. The third-order valence-electron chi connectivity index (χ3n) is 4.47. The molecule has 6 nitrogen and oxygen atoms in total. The second-order valence-electron chi connectivity index (χ2n) is 6.28. The van der Waals surface area contributed by atoms with E-state index in [1.165, 1.54) is 11.3 Å². The van der Waals surface area contributed by atoms with Gasteiger partial charge in [0.1, 0.15) is 17.0 Å². The Kier molecular flexibility index (Phi) is 5.39. The number of nitrogens with zero attached hydrogens (tertiary/aromatic N) is 3. The zero-order valence-corrected chi connectivity index (χ0v) is 16.8. The molecule has 0 spiro atoms. The highest BCUT2D eigenvalue weighted by atomic mass is 32.1. The molecule has 0 atom stereocenters. The number of carbonyl (C=O) groups excluding carboxylic acids is 1. The van der Waals surface area contributed by atoms with Crippen molar-refractivity contribution in [2.24, 2.45) is 0 Å². The highest BCUT2D eigenvalue weighted by Crippen LogP contribution is 2.35. The van der Waals surface area contributed by atoms with Crippen LogP contribution in [0.1, 0.15) is 15.9 Å². The molecule has 4 aromatic rings. The minimum atomic E-state index is -0.144. The van der Waals surface area contributed by atoms with Crippen molar-refractivity contribution >= 4 is 32.6 Å². The Balaban J connectivity index is 1.76. The molecule has 2 aromatic carbocycles. The molecule has 0 radical (unpaired) electrons. The number of ether oxygens (including phenoxy) is 2. The number of aromatic nitrogens is 2. The number of thiazole rings is 1. The van der Waals surface area contributed by atoms with Gasteiger partial charge in [-0.3, -0.25) is 14.7 Å². The first-order chi connectivity index (χ1) is 14.2. The number of carbonyl (C=O) groups is 1. The second-order valence-corrected chi connectivity index (χ2v) is 7.29. The standard InChI is InChI=1S/C22H19N3O3S/c1-27-17-10-8-16(9-11-17)21(26)25(14-15-5-4-12-23-13-15)22-24-20-18(28-2)6-3-7-19(20)29-22/h3-13H,14H2,1-2H3. The normalized spacial score (nSPS) is 10.7. The van der Waals surface area contributed by atoms with Crippen LogP contribution in [0.15, 0.2) is 67.0 Å². The Hall–Kier alpha value is -3.45. The predicted molar refractivity (Wildman–Crippen MR) is 114 cm³/mol. The van der Waals surface area contributed by atoms with Crippen molar-refractivity contribution in [1.29, 1.82) is 0 Å². The van der Waals surface area contributed by atoms with E-state index in [0.29, 0.717) is 28.7 Å². The monoisotopic (exact) mass is 405 g/mol. The minimum Gasteiger partial charge on any atom is -0.497 e. The minimum absolute atomic E-state index is 0.144. The van der Waals surface area contributed by atoms with Crippen molar-refractivity contribution in [3.05, 3.63) is 78.1 Å². The van der Waals surface area contributed by atoms with Gasteiger partial charge in [0.2, 0.25) is 0 Å². The lowest BCUT2D eigenvalue weighted by atomic mass is 10.2. The summed E-state index contributed by atoms with van der Waals surface area (Å²) in [6, 6.07) is 16.6. The largest absolute Gasteiger partial charge is 0.497 e. The fourth-order valence-electron chi connectivity index (χ4n) is 2.98. The maximum Gasteiger partial charge on any atom is 0.260 e. The Labute approximate surface area is 172 Å². The van der Waals surface area contributed by atoms with Crippen LogP contribution < -0.4 is 14.4 Å². The molecule has 0 aliphatic carbocycles. The summed E-state index contributed by atoms with van der Waals surface area (Å²) in [5.41, 5.74) is 2.22. The molecule has 0 saturated heterocycles. The van der Waals surface area contributed by atoms with Crippen molar-refractivity contribution in [3.8, 4) is 11.5 Å². The number of rotatable bonds is 6. The number of benzene rings is 2. The smallest absolute Gasteiger partial charge is 0.260 e. The molecular formula is C22H19N3O3S. The first-order valence-electron chi connectivity index (χ1n) is 8.98. The quantitative estimate of drug-likeness (QED) is 0.471. The van der Waals surface area contributed by atoms with Gasteiger partial charge in [-0.1, -0.05) is 23.5 Å². The number of para-hydroxylation sites is 1. The summed E-state index contributed by atoms with van der Waals surface area (Å²) < 4.78 is 11.6. The molecule has 2 heterocycles. The molecule has 0 saturated carbocycles. The van der Waals surface area contributed by atoms with Gasteiger partial charge in [0, 0.05) is 18.0 Å². The van der Waals surface area contributed by atoms with Gasteiger partial charge in [0.05, 0.1) is 25.5 Å². The number of methoxy groups -OCH3 is 2. The van der Waals surface area contributed by atoms with Crippen molar-refractivity contribution < 1.29 is 14.3 Å². The van der Waals surface area contributed by atoms with Crippen LogP contribution in [-0.2, 0) is 6.54 Å². The lowest BCUT2D eigenvalue weighted by Crippen LogP contribution is -2.30. The van der Waals surface area contributed by atoms with Crippen LogP contribution in [-0.4, -0.2) is 30.1 Å². The van der Waals surface area contributed by atoms with E-state index in [1.54, 1.807) is 55.8 Å². The summed E-state index contributed by atoms with van der Waals surface area (Å²) >= 11 is 1.45. The zero-order chi connectivity index (χ0) is 20.2. The summed E-state index contributed by atoms with van der Waals surface area (Å²) in [6.07, 6.45) is 3.46. The molecule has 2 aromatic heterocycles. The molecule has 29 heavy (non-hydrogen) atoms. The first kappa shape index (κ1) is 18.9. The Morgan fingerprint density at radius 3 is 2.55 bits per heavy atom. The van der Waals surface area contributed by atoms with E-state index in [9.17, 15) is 4.79 Å². The zero-order valence-electron chi connectivity index (χ0n) is 16.0. The van der Waals surface area contributed by atoms with Gasteiger partial charge in [-0.25, -0.2) is 4.98 Å². The fraction of sp³-hybridized carbons (Fsp3) is 0.136. The Morgan fingerprint density at radius 2 is 1.86 bits per heavy atom. The summed E-state index contributed by atoms with van der Waals surface area (Å²) in [6.45, 7) is 0.362. The van der Waals surface area contributed by atoms with Gasteiger partial charge in [-0.2, -0.15) is 0 Å². The second kappa shape index (κ2) is 8.28. The van der Waals surface area contributed by atoms with Crippen LogP contribution in [0.4, 0.5) is 5.13 Å². The van der Waals surface area contributed by atoms with Gasteiger partial charge < -0.3 is 9.47 Å². The summed E-state index contributed by atoms with van der Waals surface area (Å²) in [7, 11) is 3.21. The molecule has 0 bridgehead atoms. The number of hydrogen-bond donors (Lipinski definition) is 0. The van der Waals surface area contributed by atoms with Crippen molar-refractivity contribution in [2.45, 2.75) is 6.54 Å². The van der Waals surface area contributed by atoms with Crippen LogP contribution in [0.5, 0.6) is 11.5 Å². The number of pyridine rings is 1. The highest BCUT2D eigenvalue weighted by Gasteiger charge is 2.23. The first-order valence-corrected chi connectivity index (χ1v) is 9.79. The van der Waals surface area contributed by atoms with Crippen LogP contribution in [0.2, 0.25) is 0 Å². The molecule has 7 heteroatoms. The number of amides is 1. The number of fused-ring (bicyclic) bond motifs is 1. The topological polar surface area (TPSA) is 64.5 Å². The van der Waals surface area contributed by atoms with Gasteiger partial charge >= 0.3 is 0 Å². The lowest BCUT2D eigenvalue weighted by Gasteiger charge is -2.20. The number of hydrogen-bond acceptors (Lipinski definition) is 6.